The summed E-state index contributed by atoms with van der Waals surface area (Å²) in [5.41, 5.74) is 1.63. The van der Waals surface area contributed by atoms with Gasteiger partial charge >= 0.3 is 0 Å². The lowest BCUT2D eigenvalue weighted by Crippen LogP contribution is -2.24. The molecule has 2 amide bonds. The van der Waals surface area contributed by atoms with Crippen LogP contribution in [0.25, 0.3) is 0 Å². The van der Waals surface area contributed by atoms with Crippen molar-refractivity contribution < 1.29 is 19.1 Å². The molecule has 1 aromatic heterocycles. The van der Waals surface area contributed by atoms with Crippen molar-refractivity contribution >= 4 is 35.0 Å². The highest BCUT2D eigenvalue weighted by Gasteiger charge is 2.20. The van der Waals surface area contributed by atoms with Crippen molar-refractivity contribution in [2.45, 2.75) is 23.5 Å². The maximum atomic E-state index is 12.9. The van der Waals surface area contributed by atoms with Crippen LogP contribution in [-0.2, 0) is 4.79 Å². The molecule has 0 saturated heterocycles. The van der Waals surface area contributed by atoms with Gasteiger partial charge in [-0.1, -0.05) is 19.1 Å². The molecule has 8 heteroatoms. The largest absolute Gasteiger partial charge is 0.496 e. The third-order valence-corrected chi connectivity index (χ3v) is 5.99. The van der Waals surface area contributed by atoms with Crippen LogP contribution in [-0.4, -0.2) is 36.3 Å². The summed E-state index contributed by atoms with van der Waals surface area (Å²) in [4.78, 5) is 30.4. The lowest BCUT2D eigenvalue weighted by Gasteiger charge is -2.16. The van der Waals surface area contributed by atoms with Gasteiger partial charge in [0.05, 0.1) is 19.5 Å². The number of rotatable bonds is 9. The standard InChI is InChI=1S/C24H25N3O4S/c1-4-21(23(28)26-16-11-13-25-14-12-16)32-18-8-5-7-17(15-18)27-24(29)22-19(30-2)9-6-10-20(22)31-3/h5-15,21H,4H2,1-3H3,(H,27,29)(H,25,26,28). The van der Waals surface area contributed by atoms with Crippen LogP contribution in [0.2, 0.25) is 0 Å². The first-order valence-electron chi connectivity index (χ1n) is 10.1. The Labute approximate surface area is 191 Å². The van der Waals surface area contributed by atoms with E-state index in [-0.39, 0.29) is 17.1 Å². The average Bonchev–Trinajstić information content (AvgIpc) is 2.82. The summed E-state index contributed by atoms with van der Waals surface area (Å²) in [5, 5.41) is 5.51. The van der Waals surface area contributed by atoms with E-state index >= 15 is 0 Å². The van der Waals surface area contributed by atoms with Crippen LogP contribution >= 0.6 is 11.8 Å². The van der Waals surface area contributed by atoms with Gasteiger partial charge in [-0.25, -0.2) is 0 Å². The first kappa shape index (κ1) is 23.1. The Bertz CT molecular complexity index is 1050. The predicted molar refractivity (Wildman–Crippen MR) is 127 cm³/mol. The molecule has 1 heterocycles. The van der Waals surface area contributed by atoms with E-state index in [0.717, 1.165) is 4.90 Å². The number of hydrogen-bond donors (Lipinski definition) is 2. The quantitative estimate of drug-likeness (QED) is 0.452. The van der Waals surface area contributed by atoms with E-state index in [4.69, 9.17) is 9.47 Å². The van der Waals surface area contributed by atoms with Gasteiger partial charge in [-0.3, -0.25) is 14.6 Å². The molecule has 0 aliphatic heterocycles. The minimum Gasteiger partial charge on any atom is -0.496 e. The second kappa shape index (κ2) is 11.2. The first-order chi connectivity index (χ1) is 15.5. The SMILES string of the molecule is CCC(Sc1cccc(NC(=O)c2c(OC)cccc2OC)c1)C(=O)Nc1ccncc1. The molecule has 0 bridgehead atoms. The lowest BCUT2D eigenvalue weighted by molar-refractivity contribution is -0.115. The van der Waals surface area contributed by atoms with E-state index in [1.807, 2.05) is 25.1 Å². The van der Waals surface area contributed by atoms with Crippen molar-refractivity contribution in [2.24, 2.45) is 0 Å². The fraction of sp³-hybridized carbons (Fsp3) is 0.208. The van der Waals surface area contributed by atoms with Gasteiger partial charge < -0.3 is 20.1 Å². The summed E-state index contributed by atoms with van der Waals surface area (Å²) in [6.45, 7) is 1.96. The molecule has 0 radical (unpaired) electrons. The molecular weight excluding hydrogens is 426 g/mol. The number of amides is 2. The number of nitrogens with zero attached hydrogens (tertiary/aromatic N) is 1. The molecule has 0 spiro atoms. The maximum absolute atomic E-state index is 12.9. The van der Waals surface area contributed by atoms with Crippen LogP contribution in [0.4, 0.5) is 11.4 Å². The smallest absolute Gasteiger partial charge is 0.263 e. The van der Waals surface area contributed by atoms with E-state index in [1.54, 1.807) is 48.8 Å². The van der Waals surface area contributed by atoms with Gasteiger partial charge in [0.2, 0.25) is 5.91 Å². The Morgan fingerprint density at radius 2 is 1.59 bits per heavy atom. The van der Waals surface area contributed by atoms with Gasteiger partial charge in [-0.2, -0.15) is 0 Å². The number of ether oxygens (including phenoxy) is 2. The normalized spacial score (nSPS) is 11.3. The Kier molecular flexibility index (Phi) is 8.10. The summed E-state index contributed by atoms with van der Waals surface area (Å²) in [5.74, 6) is 0.415. The zero-order valence-electron chi connectivity index (χ0n) is 18.1. The Balaban J connectivity index is 1.72. The van der Waals surface area contributed by atoms with Crippen LogP contribution in [0, 0.1) is 0 Å². The number of methoxy groups -OCH3 is 2. The molecule has 3 rings (SSSR count). The fourth-order valence-corrected chi connectivity index (χ4v) is 4.07. The van der Waals surface area contributed by atoms with Crippen LogP contribution in [0.15, 0.2) is 71.9 Å². The minimum absolute atomic E-state index is 0.0862. The van der Waals surface area contributed by atoms with Gasteiger partial charge in [-0.15, -0.1) is 11.8 Å². The minimum atomic E-state index is -0.344. The van der Waals surface area contributed by atoms with E-state index in [9.17, 15) is 9.59 Å². The summed E-state index contributed by atoms with van der Waals surface area (Å²) in [7, 11) is 3.01. The molecule has 32 heavy (non-hydrogen) atoms. The van der Waals surface area contributed by atoms with Gasteiger partial charge in [0, 0.05) is 28.7 Å². The highest BCUT2D eigenvalue weighted by Crippen LogP contribution is 2.31. The fourth-order valence-electron chi connectivity index (χ4n) is 3.06. The Hall–Kier alpha value is -3.52. The topological polar surface area (TPSA) is 89.5 Å². The van der Waals surface area contributed by atoms with E-state index in [0.29, 0.717) is 34.9 Å². The van der Waals surface area contributed by atoms with Crippen molar-refractivity contribution in [1.29, 1.82) is 0 Å². The van der Waals surface area contributed by atoms with Gasteiger partial charge in [-0.05, 0) is 48.9 Å². The van der Waals surface area contributed by atoms with Crippen molar-refractivity contribution in [3.63, 3.8) is 0 Å². The van der Waals surface area contributed by atoms with Gasteiger partial charge in [0.15, 0.2) is 0 Å². The number of hydrogen-bond acceptors (Lipinski definition) is 6. The van der Waals surface area contributed by atoms with Crippen molar-refractivity contribution in [2.75, 3.05) is 24.9 Å². The highest BCUT2D eigenvalue weighted by molar-refractivity contribution is 8.00. The molecule has 0 aliphatic carbocycles. The van der Waals surface area contributed by atoms with Gasteiger partial charge in [0.1, 0.15) is 17.1 Å². The molecule has 3 aromatic rings. The summed E-state index contributed by atoms with van der Waals surface area (Å²) < 4.78 is 10.6. The molecule has 0 fully saturated rings. The van der Waals surface area contributed by atoms with Crippen molar-refractivity contribution in [3.05, 3.63) is 72.6 Å². The van der Waals surface area contributed by atoms with E-state index in [2.05, 4.69) is 15.6 Å². The Morgan fingerprint density at radius 3 is 2.22 bits per heavy atom. The number of carbonyl (C=O) groups excluding carboxylic acids is 2. The monoisotopic (exact) mass is 451 g/mol. The van der Waals surface area contributed by atoms with Crippen molar-refractivity contribution in [1.82, 2.24) is 4.98 Å². The molecule has 1 unspecified atom stereocenters. The molecule has 7 nitrogen and oxygen atoms in total. The van der Waals surface area contributed by atoms with Crippen LogP contribution in [0.1, 0.15) is 23.7 Å². The molecule has 166 valence electrons. The number of nitrogens with one attached hydrogen (secondary N) is 2. The van der Waals surface area contributed by atoms with Crippen molar-refractivity contribution in [3.8, 4) is 11.5 Å². The van der Waals surface area contributed by atoms with E-state index < -0.39 is 0 Å². The number of aromatic nitrogens is 1. The molecule has 1 atom stereocenters. The molecule has 0 aliphatic rings. The number of pyridine rings is 1. The van der Waals surface area contributed by atoms with E-state index in [1.165, 1.54) is 26.0 Å². The summed E-state index contributed by atoms with van der Waals surface area (Å²) >= 11 is 1.44. The average molecular weight is 452 g/mol. The summed E-state index contributed by atoms with van der Waals surface area (Å²) in [6, 6.07) is 16.0. The lowest BCUT2D eigenvalue weighted by atomic mass is 10.1. The third kappa shape index (κ3) is 5.79. The molecule has 0 saturated carbocycles. The number of anilines is 2. The first-order valence-corrected chi connectivity index (χ1v) is 10.9. The third-order valence-electron chi connectivity index (χ3n) is 4.64. The molecule has 2 aromatic carbocycles. The predicted octanol–water partition coefficient (Wildman–Crippen LogP) is 4.86. The zero-order valence-corrected chi connectivity index (χ0v) is 18.9. The highest BCUT2D eigenvalue weighted by atomic mass is 32.2. The van der Waals surface area contributed by atoms with Crippen LogP contribution in [0.3, 0.4) is 0 Å². The Morgan fingerprint density at radius 1 is 0.938 bits per heavy atom. The maximum Gasteiger partial charge on any atom is 0.263 e. The number of carbonyl (C=O) groups is 2. The summed E-state index contributed by atoms with van der Waals surface area (Å²) in [6.07, 6.45) is 3.91. The van der Waals surface area contributed by atoms with Crippen LogP contribution in [0.5, 0.6) is 11.5 Å². The van der Waals surface area contributed by atoms with Gasteiger partial charge in [0.25, 0.3) is 5.91 Å². The second-order valence-corrected chi connectivity index (χ2v) is 8.04. The number of thioether (sulfide) groups is 1. The molecular formula is C24H25N3O4S. The number of benzene rings is 2. The van der Waals surface area contributed by atoms with Crippen LogP contribution < -0.4 is 20.1 Å². The second-order valence-electron chi connectivity index (χ2n) is 6.76. The zero-order chi connectivity index (χ0) is 22.9. The molecule has 2 N–H and O–H groups in total.